The Kier molecular flexibility index (Phi) is 5.10. The normalized spacial score (nSPS) is 20.8. The lowest BCUT2D eigenvalue weighted by Gasteiger charge is -2.44. The quantitative estimate of drug-likeness (QED) is 0.776. The fraction of sp³-hybridized carbons (Fsp3) is 0.474. The maximum atomic E-state index is 13.5. The van der Waals surface area contributed by atoms with Gasteiger partial charge >= 0.3 is 0 Å². The van der Waals surface area contributed by atoms with Crippen LogP contribution < -0.4 is 10.1 Å². The number of nitrogens with zero attached hydrogens (tertiary/aromatic N) is 1. The van der Waals surface area contributed by atoms with Crippen molar-refractivity contribution in [3.63, 3.8) is 0 Å². The molecule has 2 heterocycles. The molecule has 26 heavy (non-hydrogen) atoms. The maximum Gasteiger partial charge on any atom is 0.178 e. The van der Waals surface area contributed by atoms with Crippen LogP contribution in [0.1, 0.15) is 37.0 Å². The molecule has 0 unspecified atom stereocenters. The van der Waals surface area contributed by atoms with E-state index in [1.807, 2.05) is 0 Å². The number of methoxy groups -OCH3 is 1. The van der Waals surface area contributed by atoms with Gasteiger partial charge in [-0.1, -0.05) is 16.8 Å². The van der Waals surface area contributed by atoms with E-state index in [4.69, 9.17) is 20.9 Å². The summed E-state index contributed by atoms with van der Waals surface area (Å²) in [5, 5.41) is 18.5. The highest BCUT2D eigenvalue weighted by Crippen LogP contribution is 2.42. The van der Waals surface area contributed by atoms with Gasteiger partial charge in [-0.15, -0.1) is 0 Å². The number of ketones is 1. The topological polar surface area (TPSA) is 84.6 Å². The van der Waals surface area contributed by atoms with Crippen molar-refractivity contribution < 1.29 is 19.2 Å². The van der Waals surface area contributed by atoms with Crippen molar-refractivity contribution in [2.45, 2.75) is 32.3 Å². The van der Waals surface area contributed by atoms with Crippen molar-refractivity contribution in [1.82, 2.24) is 10.5 Å². The number of ether oxygens (including phenoxy) is 1. The van der Waals surface area contributed by atoms with E-state index >= 15 is 0 Å². The number of aliphatic hydroxyl groups is 1. The lowest BCUT2D eigenvalue weighted by Crippen LogP contribution is -2.57. The van der Waals surface area contributed by atoms with Crippen LogP contribution in [0.4, 0.5) is 0 Å². The molecule has 0 radical (unpaired) electrons. The first kappa shape index (κ1) is 18.9. The molecule has 3 rings (SSSR count). The fourth-order valence-corrected chi connectivity index (χ4v) is 3.83. The summed E-state index contributed by atoms with van der Waals surface area (Å²) >= 11 is 6.21. The maximum absolute atomic E-state index is 13.5. The van der Waals surface area contributed by atoms with Gasteiger partial charge in [0.25, 0.3) is 0 Å². The number of carbonyl (C=O) groups excluding carboxylic acids is 1. The van der Waals surface area contributed by atoms with E-state index in [9.17, 15) is 9.90 Å². The molecule has 0 aliphatic carbocycles. The molecule has 1 aromatic heterocycles. The molecule has 0 amide bonds. The Morgan fingerprint density at radius 2 is 2.23 bits per heavy atom. The van der Waals surface area contributed by atoms with Crippen LogP contribution in [0.3, 0.4) is 0 Å². The summed E-state index contributed by atoms with van der Waals surface area (Å²) in [4.78, 5) is 13.5. The van der Waals surface area contributed by atoms with Crippen LogP contribution >= 0.6 is 11.6 Å². The minimum absolute atomic E-state index is 0.180. The molecule has 6 nitrogen and oxygen atoms in total. The molecule has 1 aliphatic heterocycles. The van der Waals surface area contributed by atoms with Gasteiger partial charge in [-0.05, 0) is 51.4 Å². The first-order valence-electron chi connectivity index (χ1n) is 8.56. The summed E-state index contributed by atoms with van der Waals surface area (Å²) < 4.78 is 10.3. The number of carbonyl (C=O) groups is 1. The zero-order valence-corrected chi connectivity index (χ0v) is 15.9. The van der Waals surface area contributed by atoms with Gasteiger partial charge in [0.15, 0.2) is 5.78 Å². The summed E-state index contributed by atoms with van der Waals surface area (Å²) in [6.45, 7) is 4.59. The van der Waals surface area contributed by atoms with E-state index in [0.29, 0.717) is 40.6 Å². The van der Waals surface area contributed by atoms with Crippen LogP contribution in [0.25, 0.3) is 11.3 Å². The number of aromatic nitrogens is 1. The monoisotopic (exact) mass is 378 g/mol. The molecule has 1 atom stereocenters. The van der Waals surface area contributed by atoms with Gasteiger partial charge in [-0.3, -0.25) is 4.79 Å². The number of Topliss-reactive ketones (excluding diaryl/α,β-unsaturated/α-hetero) is 1. The molecular formula is C19H23ClN2O4. The van der Waals surface area contributed by atoms with E-state index in [1.165, 1.54) is 13.4 Å². The molecule has 1 aliphatic rings. The molecule has 1 aromatic carbocycles. The summed E-state index contributed by atoms with van der Waals surface area (Å²) in [6.07, 6.45) is 2.75. The lowest BCUT2D eigenvalue weighted by molar-refractivity contribution is -0.0482. The van der Waals surface area contributed by atoms with Crippen molar-refractivity contribution >= 4 is 17.4 Å². The number of halogens is 1. The minimum atomic E-state index is -1.19. The second-order valence-electron chi connectivity index (χ2n) is 7.18. The van der Waals surface area contributed by atoms with Gasteiger partial charge < -0.3 is 19.7 Å². The Balaban J connectivity index is 2.04. The number of hydrogen-bond acceptors (Lipinski definition) is 6. The average molecular weight is 379 g/mol. The zero-order valence-electron chi connectivity index (χ0n) is 15.1. The third-order valence-electron chi connectivity index (χ3n) is 5.23. The summed E-state index contributed by atoms with van der Waals surface area (Å²) in [6, 6.07) is 5.18. The van der Waals surface area contributed by atoms with Crippen LogP contribution in [0.2, 0.25) is 5.02 Å². The molecule has 1 saturated heterocycles. The largest absolute Gasteiger partial charge is 0.495 e. The Morgan fingerprint density at radius 3 is 2.81 bits per heavy atom. The molecule has 0 saturated carbocycles. The Hall–Kier alpha value is -1.89. The van der Waals surface area contributed by atoms with Gasteiger partial charge in [0.1, 0.15) is 17.7 Å². The highest BCUT2D eigenvalue weighted by atomic mass is 35.5. The predicted octanol–water partition coefficient (Wildman–Crippen LogP) is 3.33. The van der Waals surface area contributed by atoms with Crippen LogP contribution in [0.5, 0.6) is 5.75 Å². The third kappa shape index (κ3) is 3.13. The number of rotatable bonds is 5. The average Bonchev–Trinajstić information content (AvgIpc) is 3.10. The second kappa shape index (κ2) is 7.02. The van der Waals surface area contributed by atoms with Gasteiger partial charge in [-0.25, -0.2) is 0 Å². The Bertz CT molecular complexity index is 804. The molecule has 1 fully saturated rings. The summed E-state index contributed by atoms with van der Waals surface area (Å²) in [7, 11) is 1.54. The van der Waals surface area contributed by atoms with E-state index < -0.39 is 11.0 Å². The standard InChI is InChI=1S/C19H23ClN2O4/c1-18(2,24)19(7-4-8-21-11-19)17(23)13-10-26-22-16(13)12-5-6-15(25-3)14(20)9-12/h5-6,9-10,21,24H,4,7-8,11H2,1-3H3/t19-/m0/s1. The van der Waals surface area contributed by atoms with Crippen molar-refractivity contribution in [2.24, 2.45) is 5.41 Å². The van der Waals surface area contributed by atoms with Crippen molar-refractivity contribution in [3.8, 4) is 17.0 Å². The van der Waals surface area contributed by atoms with Crippen LogP contribution in [-0.4, -0.2) is 41.8 Å². The minimum Gasteiger partial charge on any atom is -0.495 e. The van der Waals surface area contributed by atoms with Crippen LogP contribution in [-0.2, 0) is 0 Å². The molecule has 7 heteroatoms. The smallest absolute Gasteiger partial charge is 0.178 e. The molecule has 2 N–H and O–H groups in total. The van der Waals surface area contributed by atoms with Gasteiger partial charge in [0.05, 0.1) is 28.7 Å². The van der Waals surface area contributed by atoms with E-state index in [1.54, 1.807) is 32.0 Å². The Morgan fingerprint density at radius 1 is 1.46 bits per heavy atom. The van der Waals surface area contributed by atoms with E-state index in [2.05, 4.69) is 10.5 Å². The molecule has 140 valence electrons. The SMILES string of the molecule is COc1ccc(-c2nocc2C(=O)[C@]2(C(C)(C)O)CCCNC2)cc1Cl. The van der Waals surface area contributed by atoms with E-state index in [-0.39, 0.29) is 5.78 Å². The third-order valence-corrected chi connectivity index (χ3v) is 5.52. The first-order chi connectivity index (χ1) is 12.3. The fourth-order valence-electron chi connectivity index (χ4n) is 3.58. The lowest BCUT2D eigenvalue weighted by atomic mass is 9.64. The van der Waals surface area contributed by atoms with E-state index in [0.717, 1.165) is 13.0 Å². The van der Waals surface area contributed by atoms with Crippen LogP contribution in [0.15, 0.2) is 29.0 Å². The zero-order chi connectivity index (χ0) is 18.9. The molecular weight excluding hydrogens is 356 g/mol. The summed E-state index contributed by atoms with van der Waals surface area (Å²) in [5.74, 6) is 0.358. The van der Waals surface area contributed by atoms with Gasteiger partial charge in [0.2, 0.25) is 0 Å². The number of hydrogen-bond donors (Lipinski definition) is 2. The highest BCUT2D eigenvalue weighted by Gasteiger charge is 2.51. The van der Waals surface area contributed by atoms with Crippen LogP contribution in [0, 0.1) is 5.41 Å². The number of nitrogens with one attached hydrogen (secondary N) is 1. The number of benzene rings is 1. The first-order valence-corrected chi connectivity index (χ1v) is 8.94. The van der Waals surface area contributed by atoms with Crippen molar-refractivity contribution in [2.75, 3.05) is 20.2 Å². The molecule has 0 spiro atoms. The number of piperidine rings is 1. The van der Waals surface area contributed by atoms with Gasteiger partial charge in [0, 0.05) is 12.1 Å². The van der Waals surface area contributed by atoms with Crippen molar-refractivity contribution in [3.05, 3.63) is 35.0 Å². The second-order valence-corrected chi connectivity index (χ2v) is 7.58. The predicted molar refractivity (Wildman–Crippen MR) is 98.7 cm³/mol. The van der Waals surface area contributed by atoms with Gasteiger partial charge in [-0.2, -0.15) is 0 Å². The molecule has 0 bridgehead atoms. The summed E-state index contributed by atoms with van der Waals surface area (Å²) in [5.41, 5.74) is -0.723. The highest BCUT2D eigenvalue weighted by molar-refractivity contribution is 6.32. The van der Waals surface area contributed by atoms with Crippen molar-refractivity contribution in [1.29, 1.82) is 0 Å². The Labute approximate surface area is 157 Å². The molecule has 2 aromatic rings.